The van der Waals surface area contributed by atoms with E-state index in [4.69, 9.17) is 9.26 Å². The summed E-state index contributed by atoms with van der Waals surface area (Å²) in [5.74, 6) is -0.329. The Labute approximate surface area is 172 Å². The third-order valence-corrected chi connectivity index (χ3v) is 4.20. The zero-order valence-electron chi connectivity index (χ0n) is 16.8. The van der Waals surface area contributed by atoms with E-state index in [1.54, 1.807) is 16.9 Å². The number of halogens is 1. The number of amides is 1. The number of rotatable bonds is 8. The molecular formula is C20H22FN5O4. The Morgan fingerprint density at radius 3 is 2.63 bits per heavy atom. The lowest BCUT2D eigenvalue weighted by Crippen LogP contribution is -2.31. The number of hydrogen-bond donors (Lipinski definition) is 1. The van der Waals surface area contributed by atoms with Gasteiger partial charge in [-0.2, -0.15) is 10.1 Å². The predicted octanol–water partition coefficient (Wildman–Crippen LogP) is 3.16. The maximum atomic E-state index is 13.0. The summed E-state index contributed by atoms with van der Waals surface area (Å²) in [5.41, 5.74) is 0.597. The molecule has 1 amide bonds. The predicted molar refractivity (Wildman–Crippen MR) is 105 cm³/mol. The molecule has 2 aromatic heterocycles. The molecule has 3 aromatic rings. The largest absolute Gasteiger partial charge is 0.453 e. The molecule has 0 saturated heterocycles. The van der Waals surface area contributed by atoms with Crippen molar-refractivity contribution in [3.05, 3.63) is 48.2 Å². The third kappa shape index (κ3) is 5.28. The van der Waals surface area contributed by atoms with Crippen molar-refractivity contribution in [2.45, 2.75) is 45.8 Å². The zero-order valence-corrected chi connectivity index (χ0v) is 16.8. The van der Waals surface area contributed by atoms with Crippen molar-refractivity contribution in [3.8, 4) is 11.4 Å². The quantitative estimate of drug-likeness (QED) is 0.562. The number of esters is 1. The monoisotopic (exact) mass is 415 g/mol. The Balaban J connectivity index is 1.49. The number of aryl methyl sites for hydroxylation is 1. The van der Waals surface area contributed by atoms with E-state index in [9.17, 15) is 14.0 Å². The second-order valence-electron chi connectivity index (χ2n) is 6.89. The van der Waals surface area contributed by atoms with Crippen LogP contribution < -0.4 is 5.32 Å². The van der Waals surface area contributed by atoms with E-state index < -0.39 is 18.0 Å². The Bertz CT molecular complexity index is 1010. The Morgan fingerprint density at radius 1 is 1.20 bits per heavy atom. The highest BCUT2D eigenvalue weighted by atomic mass is 19.1. The first-order valence-electron chi connectivity index (χ1n) is 9.46. The molecule has 0 radical (unpaired) electrons. The van der Waals surface area contributed by atoms with Crippen LogP contribution in [0.15, 0.2) is 41.1 Å². The summed E-state index contributed by atoms with van der Waals surface area (Å²) in [4.78, 5) is 28.5. The van der Waals surface area contributed by atoms with E-state index in [2.05, 4.69) is 20.6 Å². The number of carbonyl (C=O) groups is 2. The van der Waals surface area contributed by atoms with Crippen LogP contribution in [-0.2, 0) is 20.7 Å². The fourth-order valence-electron chi connectivity index (χ4n) is 2.64. The van der Waals surface area contributed by atoms with Gasteiger partial charge in [-0.15, -0.1) is 0 Å². The van der Waals surface area contributed by atoms with Gasteiger partial charge >= 0.3 is 5.97 Å². The van der Waals surface area contributed by atoms with Crippen LogP contribution in [0.1, 0.15) is 39.1 Å². The highest BCUT2D eigenvalue weighted by molar-refractivity contribution is 5.94. The van der Waals surface area contributed by atoms with Crippen molar-refractivity contribution in [2.75, 3.05) is 5.32 Å². The second kappa shape index (κ2) is 9.29. The molecule has 3 rings (SSSR count). The molecule has 2 heterocycles. The molecule has 9 nitrogen and oxygen atoms in total. The minimum absolute atomic E-state index is 0.0351. The van der Waals surface area contributed by atoms with Gasteiger partial charge in [0.1, 0.15) is 11.6 Å². The van der Waals surface area contributed by atoms with Crippen molar-refractivity contribution in [1.82, 2.24) is 19.9 Å². The number of nitrogens with one attached hydrogen (secondary N) is 1. The molecule has 0 aliphatic heterocycles. The molecule has 0 spiro atoms. The fourth-order valence-corrected chi connectivity index (χ4v) is 2.64. The fraction of sp³-hybridized carbons (Fsp3) is 0.350. The lowest BCUT2D eigenvalue weighted by atomic mass is 10.2. The number of carbonyl (C=O) groups excluding carboxylic acids is 2. The number of aromatic nitrogens is 4. The topological polar surface area (TPSA) is 112 Å². The molecule has 10 heteroatoms. The third-order valence-electron chi connectivity index (χ3n) is 4.20. The minimum Gasteiger partial charge on any atom is -0.453 e. The van der Waals surface area contributed by atoms with E-state index in [-0.39, 0.29) is 30.6 Å². The highest BCUT2D eigenvalue weighted by Gasteiger charge is 2.20. The molecule has 0 saturated carbocycles. The lowest BCUT2D eigenvalue weighted by Gasteiger charge is -2.15. The summed E-state index contributed by atoms with van der Waals surface area (Å²) >= 11 is 0. The molecule has 0 fully saturated rings. The van der Waals surface area contributed by atoms with Gasteiger partial charge in [-0.1, -0.05) is 5.16 Å². The summed E-state index contributed by atoms with van der Waals surface area (Å²) in [6.07, 6.45) is 0.718. The average molecular weight is 415 g/mol. The van der Waals surface area contributed by atoms with Gasteiger partial charge in [0, 0.05) is 24.1 Å². The van der Waals surface area contributed by atoms with Gasteiger partial charge in [0.25, 0.3) is 5.91 Å². The van der Waals surface area contributed by atoms with Crippen LogP contribution >= 0.6 is 0 Å². The SMILES string of the molecule is CC(OC(=O)CCc1nc(-c2ccc(F)cc2)no1)C(=O)Nc1ccnn1C(C)C. The van der Waals surface area contributed by atoms with Gasteiger partial charge in [-0.05, 0) is 45.0 Å². The highest BCUT2D eigenvalue weighted by Crippen LogP contribution is 2.17. The van der Waals surface area contributed by atoms with Crippen LogP contribution in [0, 0.1) is 5.82 Å². The number of ether oxygens (including phenoxy) is 1. The molecule has 1 atom stereocenters. The Kier molecular flexibility index (Phi) is 6.55. The molecular weight excluding hydrogens is 393 g/mol. The maximum absolute atomic E-state index is 13.0. The van der Waals surface area contributed by atoms with Gasteiger partial charge in [0.2, 0.25) is 11.7 Å². The van der Waals surface area contributed by atoms with Crippen LogP contribution in [0.2, 0.25) is 0 Å². The van der Waals surface area contributed by atoms with E-state index >= 15 is 0 Å². The summed E-state index contributed by atoms with van der Waals surface area (Å²) < 4.78 is 24.9. The number of hydrogen-bond acceptors (Lipinski definition) is 7. The normalized spacial score (nSPS) is 12.0. The van der Waals surface area contributed by atoms with E-state index in [1.807, 2.05) is 13.8 Å². The van der Waals surface area contributed by atoms with Crippen LogP contribution in [0.25, 0.3) is 11.4 Å². The van der Waals surface area contributed by atoms with Gasteiger partial charge < -0.3 is 14.6 Å². The van der Waals surface area contributed by atoms with E-state index in [1.165, 1.54) is 31.2 Å². The summed E-state index contributed by atoms with van der Waals surface area (Å²) in [6, 6.07) is 7.39. The van der Waals surface area contributed by atoms with Crippen LogP contribution in [0.5, 0.6) is 0 Å². The van der Waals surface area contributed by atoms with Gasteiger partial charge in [-0.25, -0.2) is 9.07 Å². The summed E-state index contributed by atoms with van der Waals surface area (Å²) in [7, 11) is 0. The van der Waals surface area contributed by atoms with Gasteiger partial charge in [-0.3, -0.25) is 9.59 Å². The summed E-state index contributed by atoms with van der Waals surface area (Å²) in [6.45, 7) is 5.36. The maximum Gasteiger partial charge on any atom is 0.307 e. The standard InChI is InChI=1S/C20H22FN5O4/c1-12(2)26-16(10-11-22-26)23-20(28)13(3)29-18(27)9-8-17-24-19(25-30-17)14-4-6-15(21)7-5-14/h4-7,10-13H,8-9H2,1-3H3,(H,23,28). The van der Waals surface area contributed by atoms with Crippen molar-refractivity contribution in [3.63, 3.8) is 0 Å². The van der Waals surface area contributed by atoms with Gasteiger partial charge in [0.15, 0.2) is 6.10 Å². The molecule has 1 unspecified atom stereocenters. The molecule has 158 valence electrons. The zero-order chi connectivity index (χ0) is 21.7. The molecule has 0 bridgehead atoms. The molecule has 1 aromatic carbocycles. The Morgan fingerprint density at radius 2 is 1.93 bits per heavy atom. The molecule has 0 aliphatic rings. The van der Waals surface area contributed by atoms with Crippen LogP contribution in [-0.4, -0.2) is 37.9 Å². The first-order valence-corrected chi connectivity index (χ1v) is 9.46. The Hall–Kier alpha value is -3.56. The van der Waals surface area contributed by atoms with Crippen LogP contribution in [0.3, 0.4) is 0 Å². The average Bonchev–Trinajstić information content (AvgIpc) is 3.36. The van der Waals surface area contributed by atoms with E-state index in [0.29, 0.717) is 17.2 Å². The first-order chi connectivity index (χ1) is 14.3. The van der Waals surface area contributed by atoms with E-state index in [0.717, 1.165) is 0 Å². The number of nitrogens with zero attached hydrogens (tertiary/aromatic N) is 4. The second-order valence-corrected chi connectivity index (χ2v) is 6.89. The van der Waals surface area contributed by atoms with Crippen molar-refractivity contribution >= 4 is 17.7 Å². The smallest absolute Gasteiger partial charge is 0.307 e. The first kappa shape index (κ1) is 21.2. The van der Waals surface area contributed by atoms with Crippen molar-refractivity contribution in [2.24, 2.45) is 0 Å². The number of benzene rings is 1. The van der Waals surface area contributed by atoms with Gasteiger partial charge in [0.05, 0.1) is 12.6 Å². The molecule has 1 N–H and O–H groups in total. The minimum atomic E-state index is -0.981. The molecule has 0 aliphatic carbocycles. The van der Waals surface area contributed by atoms with Crippen molar-refractivity contribution in [1.29, 1.82) is 0 Å². The van der Waals surface area contributed by atoms with Crippen LogP contribution in [0.4, 0.5) is 10.2 Å². The van der Waals surface area contributed by atoms with Crippen molar-refractivity contribution < 1.29 is 23.2 Å². The number of anilines is 1. The summed E-state index contributed by atoms with van der Waals surface area (Å²) in [5, 5.41) is 10.6. The molecule has 30 heavy (non-hydrogen) atoms. The lowest BCUT2D eigenvalue weighted by molar-refractivity contribution is -0.153.